The molecule has 0 spiro atoms. The Bertz CT molecular complexity index is 422. The second-order valence-electron chi connectivity index (χ2n) is 3.78. The lowest BCUT2D eigenvalue weighted by molar-refractivity contribution is 0.571. The van der Waals surface area contributed by atoms with E-state index in [1.165, 1.54) is 5.56 Å². The van der Waals surface area contributed by atoms with Crippen molar-refractivity contribution in [3.63, 3.8) is 0 Å². The zero-order chi connectivity index (χ0) is 11.4. The first-order chi connectivity index (χ1) is 7.75. The van der Waals surface area contributed by atoms with E-state index in [9.17, 15) is 0 Å². The van der Waals surface area contributed by atoms with E-state index in [0.29, 0.717) is 6.04 Å². The Morgan fingerprint density at radius 3 is 2.88 bits per heavy atom. The van der Waals surface area contributed by atoms with Gasteiger partial charge in [-0.15, -0.1) is 11.3 Å². The van der Waals surface area contributed by atoms with Crippen LogP contribution in [0.25, 0.3) is 0 Å². The van der Waals surface area contributed by atoms with E-state index in [-0.39, 0.29) is 0 Å². The molecule has 3 nitrogen and oxygen atoms in total. The fourth-order valence-electron chi connectivity index (χ4n) is 1.41. The smallest absolute Gasteiger partial charge is 0.109 e. The molecule has 0 fully saturated rings. The number of hydrogen-bond donors (Lipinski definition) is 1. The maximum Gasteiger partial charge on any atom is 0.109 e. The average molecular weight is 233 g/mol. The van der Waals surface area contributed by atoms with Crippen molar-refractivity contribution in [2.75, 3.05) is 0 Å². The molecule has 1 atom stereocenters. The van der Waals surface area contributed by atoms with Gasteiger partial charge in [-0.05, 0) is 25.5 Å². The van der Waals surface area contributed by atoms with Gasteiger partial charge in [0.25, 0.3) is 0 Å². The van der Waals surface area contributed by atoms with Crippen LogP contribution in [0.4, 0.5) is 0 Å². The van der Waals surface area contributed by atoms with Crippen molar-refractivity contribution in [3.8, 4) is 0 Å². The zero-order valence-electron chi connectivity index (χ0n) is 9.47. The highest BCUT2D eigenvalue weighted by molar-refractivity contribution is 7.09. The van der Waals surface area contributed by atoms with Crippen molar-refractivity contribution in [1.82, 2.24) is 15.3 Å². The van der Waals surface area contributed by atoms with Crippen LogP contribution in [0, 0.1) is 6.92 Å². The number of rotatable bonds is 4. The summed E-state index contributed by atoms with van der Waals surface area (Å²) in [6.45, 7) is 4.95. The van der Waals surface area contributed by atoms with Crippen molar-refractivity contribution in [3.05, 3.63) is 46.2 Å². The minimum atomic E-state index is 0.293. The van der Waals surface area contributed by atoms with E-state index >= 15 is 0 Å². The van der Waals surface area contributed by atoms with Gasteiger partial charge in [-0.3, -0.25) is 4.98 Å². The fraction of sp³-hybridized carbons (Fsp3) is 0.333. The summed E-state index contributed by atoms with van der Waals surface area (Å²) in [5, 5.41) is 6.55. The summed E-state index contributed by atoms with van der Waals surface area (Å²) >= 11 is 1.68. The minimum absolute atomic E-state index is 0.293. The van der Waals surface area contributed by atoms with Crippen molar-refractivity contribution >= 4 is 11.3 Å². The standard InChI is InChI=1S/C12H15N3S/c1-9-3-4-11(7-14-9)8-15-10(2)12-13-5-6-16-12/h3-7,10,15H,8H2,1-2H3. The summed E-state index contributed by atoms with van der Waals surface area (Å²) < 4.78 is 0. The first kappa shape index (κ1) is 11.2. The Kier molecular flexibility index (Phi) is 3.64. The predicted molar refractivity (Wildman–Crippen MR) is 66.3 cm³/mol. The molecule has 0 amide bonds. The van der Waals surface area contributed by atoms with Crippen LogP contribution in [0.3, 0.4) is 0 Å². The SMILES string of the molecule is Cc1ccc(CNC(C)c2nccs2)cn1. The molecule has 0 aliphatic rings. The fourth-order valence-corrected chi connectivity index (χ4v) is 2.08. The highest BCUT2D eigenvalue weighted by atomic mass is 32.1. The van der Waals surface area contributed by atoms with Gasteiger partial charge in [-0.25, -0.2) is 4.98 Å². The molecule has 0 saturated heterocycles. The van der Waals surface area contributed by atoms with E-state index in [1.807, 2.05) is 30.8 Å². The van der Waals surface area contributed by atoms with E-state index < -0.39 is 0 Å². The van der Waals surface area contributed by atoms with E-state index in [2.05, 4.69) is 28.3 Å². The molecule has 84 valence electrons. The van der Waals surface area contributed by atoms with Gasteiger partial charge in [-0.1, -0.05) is 6.07 Å². The number of pyridine rings is 1. The van der Waals surface area contributed by atoms with Crippen LogP contribution >= 0.6 is 11.3 Å². The van der Waals surface area contributed by atoms with Gasteiger partial charge >= 0.3 is 0 Å². The molecule has 2 rings (SSSR count). The van der Waals surface area contributed by atoms with E-state index in [0.717, 1.165) is 17.2 Å². The van der Waals surface area contributed by atoms with E-state index in [4.69, 9.17) is 0 Å². The molecule has 0 aromatic carbocycles. The highest BCUT2D eigenvalue weighted by Crippen LogP contribution is 2.15. The summed E-state index contributed by atoms with van der Waals surface area (Å²) in [6.07, 6.45) is 3.75. The van der Waals surface area contributed by atoms with Gasteiger partial charge in [0, 0.05) is 30.0 Å². The normalized spacial score (nSPS) is 12.6. The third-order valence-corrected chi connectivity index (χ3v) is 3.37. The molecule has 0 bridgehead atoms. The molecule has 16 heavy (non-hydrogen) atoms. The number of hydrogen-bond acceptors (Lipinski definition) is 4. The number of aromatic nitrogens is 2. The topological polar surface area (TPSA) is 37.8 Å². The van der Waals surface area contributed by atoms with Crippen molar-refractivity contribution in [2.24, 2.45) is 0 Å². The monoisotopic (exact) mass is 233 g/mol. The van der Waals surface area contributed by atoms with Crippen LogP contribution in [-0.2, 0) is 6.54 Å². The van der Waals surface area contributed by atoms with E-state index in [1.54, 1.807) is 11.3 Å². The summed E-state index contributed by atoms with van der Waals surface area (Å²) in [4.78, 5) is 8.55. The Labute approximate surface area is 99.6 Å². The van der Waals surface area contributed by atoms with Gasteiger partial charge in [0.05, 0.1) is 6.04 Å². The van der Waals surface area contributed by atoms with Crippen LogP contribution in [0.1, 0.15) is 29.2 Å². The maximum atomic E-state index is 4.28. The van der Waals surface area contributed by atoms with Crippen molar-refractivity contribution in [2.45, 2.75) is 26.4 Å². The Hall–Kier alpha value is -1.26. The van der Waals surface area contributed by atoms with Gasteiger partial charge in [0.1, 0.15) is 5.01 Å². The van der Waals surface area contributed by atoms with Crippen molar-refractivity contribution < 1.29 is 0 Å². The highest BCUT2D eigenvalue weighted by Gasteiger charge is 2.06. The molecule has 4 heteroatoms. The summed E-state index contributed by atoms with van der Waals surface area (Å²) in [5.41, 5.74) is 2.26. The summed E-state index contributed by atoms with van der Waals surface area (Å²) in [7, 11) is 0. The largest absolute Gasteiger partial charge is 0.304 e. The summed E-state index contributed by atoms with van der Waals surface area (Å²) in [6, 6.07) is 4.43. The van der Waals surface area contributed by atoms with Crippen LogP contribution < -0.4 is 5.32 Å². The number of nitrogens with one attached hydrogen (secondary N) is 1. The lowest BCUT2D eigenvalue weighted by Gasteiger charge is -2.10. The second kappa shape index (κ2) is 5.18. The van der Waals surface area contributed by atoms with Gasteiger partial charge in [-0.2, -0.15) is 0 Å². The molecule has 2 aromatic heterocycles. The first-order valence-electron chi connectivity index (χ1n) is 5.30. The predicted octanol–water partition coefficient (Wildman–Crippen LogP) is 2.70. The molecule has 0 radical (unpaired) electrons. The van der Waals surface area contributed by atoms with Gasteiger partial charge < -0.3 is 5.32 Å². The molecule has 2 heterocycles. The van der Waals surface area contributed by atoms with Crippen LogP contribution in [0.15, 0.2) is 29.9 Å². The number of thiazole rings is 1. The van der Waals surface area contributed by atoms with Gasteiger partial charge in [0.15, 0.2) is 0 Å². The molecule has 0 aliphatic heterocycles. The second-order valence-corrected chi connectivity index (χ2v) is 4.71. The molecule has 0 saturated carbocycles. The minimum Gasteiger partial charge on any atom is -0.304 e. The van der Waals surface area contributed by atoms with Crippen LogP contribution in [0.5, 0.6) is 0 Å². The third-order valence-electron chi connectivity index (χ3n) is 2.41. The third kappa shape index (κ3) is 2.87. The molecular weight excluding hydrogens is 218 g/mol. The van der Waals surface area contributed by atoms with Crippen LogP contribution in [0.2, 0.25) is 0 Å². The molecule has 1 unspecified atom stereocenters. The molecule has 1 N–H and O–H groups in total. The summed E-state index contributed by atoms with van der Waals surface area (Å²) in [5.74, 6) is 0. The lowest BCUT2D eigenvalue weighted by atomic mass is 10.2. The Morgan fingerprint density at radius 2 is 2.25 bits per heavy atom. The molecule has 0 aliphatic carbocycles. The van der Waals surface area contributed by atoms with Crippen molar-refractivity contribution in [1.29, 1.82) is 0 Å². The molecule has 2 aromatic rings. The quantitative estimate of drug-likeness (QED) is 0.882. The Morgan fingerprint density at radius 1 is 1.38 bits per heavy atom. The Balaban J connectivity index is 1.90. The zero-order valence-corrected chi connectivity index (χ0v) is 10.3. The van der Waals surface area contributed by atoms with Crippen LogP contribution in [-0.4, -0.2) is 9.97 Å². The number of nitrogens with zero attached hydrogens (tertiary/aromatic N) is 2. The first-order valence-corrected chi connectivity index (χ1v) is 6.18. The molecular formula is C12H15N3S. The number of aryl methyl sites for hydroxylation is 1. The lowest BCUT2D eigenvalue weighted by Crippen LogP contribution is -2.17. The average Bonchev–Trinajstić information content (AvgIpc) is 2.81. The maximum absolute atomic E-state index is 4.28. The van der Waals surface area contributed by atoms with Gasteiger partial charge in [0.2, 0.25) is 0 Å².